The molecule has 0 saturated heterocycles. The second-order valence-corrected chi connectivity index (χ2v) is 5.13. The summed E-state index contributed by atoms with van der Waals surface area (Å²) >= 11 is 0. The molecule has 0 fully saturated rings. The van der Waals surface area contributed by atoms with Crippen molar-refractivity contribution in [3.63, 3.8) is 0 Å². The maximum atomic E-state index is 12.7. The number of amides is 1. The highest BCUT2D eigenvalue weighted by atomic mass is 19.3. The van der Waals surface area contributed by atoms with Crippen LogP contribution in [0.3, 0.4) is 0 Å². The van der Waals surface area contributed by atoms with Gasteiger partial charge >= 0.3 is 12.5 Å². The Bertz CT molecular complexity index is 836. The minimum atomic E-state index is -2.76. The number of nitrogens with zero attached hydrogens (tertiary/aromatic N) is 2. The molecule has 0 aliphatic heterocycles. The number of hydrogen-bond donors (Lipinski definition) is 1. The molecule has 10 heteroatoms. The number of rotatable bonds is 9. The van der Waals surface area contributed by atoms with Crippen LogP contribution in [0.15, 0.2) is 36.7 Å². The summed E-state index contributed by atoms with van der Waals surface area (Å²) in [5.74, 6) is -0.770. The lowest BCUT2D eigenvalue weighted by molar-refractivity contribution is -0.139. The van der Waals surface area contributed by atoms with E-state index >= 15 is 0 Å². The SMILES string of the molecule is COc1cc(/C=C/C(=O)OCc2nccn2C(F)F)ccc1OCC(N)=O. The van der Waals surface area contributed by atoms with Crippen molar-refractivity contribution in [2.24, 2.45) is 5.73 Å². The lowest BCUT2D eigenvalue weighted by Gasteiger charge is -2.10. The van der Waals surface area contributed by atoms with Gasteiger partial charge in [-0.2, -0.15) is 8.78 Å². The minimum Gasteiger partial charge on any atom is -0.493 e. The summed E-state index contributed by atoms with van der Waals surface area (Å²) < 4.78 is 41.2. The van der Waals surface area contributed by atoms with Crippen molar-refractivity contribution in [3.05, 3.63) is 48.1 Å². The smallest absolute Gasteiger partial charge is 0.331 e. The molecule has 0 radical (unpaired) electrons. The summed E-state index contributed by atoms with van der Waals surface area (Å²) in [5.41, 5.74) is 5.60. The highest BCUT2D eigenvalue weighted by Crippen LogP contribution is 2.28. The second kappa shape index (κ2) is 9.32. The quantitative estimate of drug-likeness (QED) is 0.525. The number of ether oxygens (including phenoxy) is 3. The average molecular weight is 381 g/mol. The number of alkyl halides is 2. The summed E-state index contributed by atoms with van der Waals surface area (Å²) in [5, 5.41) is 0. The summed E-state index contributed by atoms with van der Waals surface area (Å²) in [6, 6.07) is 4.74. The minimum absolute atomic E-state index is 0.0654. The van der Waals surface area contributed by atoms with E-state index in [9.17, 15) is 18.4 Å². The van der Waals surface area contributed by atoms with Crippen molar-refractivity contribution in [2.75, 3.05) is 13.7 Å². The van der Waals surface area contributed by atoms with Crippen LogP contribution in [0.25, 0.3) is 6.08 Å². The molecule has 1 aromatic heterocycles. The first-order chi connectivity index (χ1) is 12.9. The van der Waals surface area contributed by atoms with Gasteiger partial charge in [-0.25, -0.2) is 9.78 Å². The fourth-order valence-corrected chi connectivity index (χ4v) is 2.04. The molecule has 2 N–H and O–H groups in total. The molecule has 0 unspecified atom stereocenters. The number of carbonyl (C=O) groups excluding carboxylic acids is 2. The number of hydrogen-bond acceptors (Lipinski definition) is 6. The average Bonchev–Trinajstić information content (AvgIpc) is 3.12. The fourth-order valence-electron chi connectivity index (χ4n) is 2.04. The van der Waals surface area contributed by atoms with E-state index in [1.165, 1.54) is 19.4 Å². The van der Waals surface area contributed by atoms with Crippen molar-refractivity contribution < 1.29 is 32.6 Å². The number of benzene rings is 1. The maximum Gasteiger partial charge on any atom is 0.331 e. The van der Waals surface area contributed by atoms with Crippen molar-refractivity contribution in [1.82, 2.24) is 9.55 Å². The zero-order valence-electron chi connectivity index (χ0n) is 14.3. The monoisotopic (exact) mass is 381 g/mol. The van der Waals surface area contributed by atoms with Gasteiger partial charge in [0.15, 0.2) is 23.9 Å². The van der Waals surface area contributed by atoms with Crippen LogP contribution in [0, 0.1) is 0 Å². The summed E-state index contributed by atoms with van der Waals surface area (Å²) in [6.45, 7) is -3.45. The van der Waals surface area contributed by atoms with Gasteiger partial charge in [0.1, 0.15) is 6.61 Å². The van der Waals surface area contributed by atoms with Crippen LogP contribution in [-0.2, 0) is 20.9 Å². The number of aromatic nitrogens is 2. The van der Waals surface area contributed by atoms with Gasteiger partial charge < -0.3 is 19.9 Å². The van der Waals surface area contributed by atoms with E-state index in [1.54, 1.807) is 18.2 Å². The van der Waals surface area contributed by atoms with E-state index in [4.69, 9.17) is 19.9 Å². The van der Waals surface area contributed by atoms with Gasteiger partial charge in [-0.3, -0.25) is 9.36 Å². The molecular formula is C17H17F2N3O5. The molecule has 0 bridgehead atoms. The lowest BCUT2D eigenvalue weighted by Crippen LogP contribution is -2.20. The molecule has 0 atom stereocenters. The predicted octanol–water partition coefficient (Wildman–Crippen LogP) is 1.91. The molecule has 0 spiro atoms. The van der Waals surface area contributed by atoms with Crippen LogP contribution < -0.4 is 15.2 Å². The van der Waals surface area contributed by atoms with E-state index < -0.39 is 18.4 Å². The largest absolute Gasteiger partial charge is 0.493 e. The fraction of sp³-hybridized carbons (Fsp3) is 0.235. The number of nitrogens with two attached hydrogens (primary N) is 1. The molecule has 0 aliphatic carbocycles. The van der Waals surface area contributed by atoms with Crippen molar-refractivity contribution >= 4 is 18.0 Å². The number of halogens is 2. The number of primary amides is 1. The Balaban J connectivity index is 1.97. The molecule has 2 aromatic rings. The summed E-state index contributed by atoms with van der Waals surface area (Å²) in [7, 11) is 1.42. The third-order valence-electron chi connectivity index (χ3n) is 3.27. The van der Waals surface area contributed by atoms with Gasteiger partial charge in [0.05, 0.1) is 7.11 Å². The molecular weight excluding hydrogens is 364 g/mol. The van der Waals surface area contributed by atoms with Gasteiger partial charge in [0.2, 0.25) is 0 Å². The summed E-state index contributed by atoms with van der Waals surface area (Å²) in [6.07, 6.45) is 4.87. The van der Waals surface area contributed by atoms with Crippen LogP contribution in [0.1, 0.15) is 17.9 Å². The first kappa shape index (κ1) is 19.9. The third-order valence-corrected chi connectivity index (χ3v) is 3.27. The Morgan fingerprint density at radius 3 is 2.78 bits per heavy atom. The van der Waals surface area contributed by atoms with Crippen molar-refractivity contribution in [3.8, 4) is 11.5 Å². The first-order valence-electron chi connectivity index (χ1n) is 7.64. The molecule has 144 valence electrons. The van der Waals surface area contributed by atoms with E-state index in [0.717, 1.165) is 12.3 Å². The number of carbonyl (C=O) groups is 2. The molecule has 1 heterocycles. The molecule has 27 heavy (non-hydrogen) atoms. The zero-order chi connectivity index (χ0) is 19.8. The normalized spacial score (nSPS) is 11.0. The van der Waals surface area contributed by atoms with Crippen LogP contribution in [0.2, 0.25) is 0 Å². The second-order valence-electron chi connectivity index (χ2n) is 5.13. The summed E-state index contributed by atoms with van der Waals surface area (Å²) in [4.78, 5) is 26.2. The Labute approximate surface area is 153 Å². The van der Waals surface area contributed by atoms with Gasteiger partial charge in [0, 0.05) is 18.5 Å². The van der Waals surface area contributed by atoms with Gasteiger partial charge in [-0.05, 0) is 23.8 Å². The van der Waals surface area contributed by atoms with Crippen LogP contribution >= 0.6 is 0 Å². The van der Waals surface area contributed by atoms with Crippen molar-refractivity contribution in [1.29, 1.82) is 0 Å². The molecule has 2 rings (SSSR count). The molecule has 1 aromatic carbocycles. The maximum absolute atomic E-state index is 12.7. The molecule has 1 amide bonds. The van der Waals surface area contributed by atoms with E-state index in [1.807, 2.05) is 0 Å². The highest BCUT2D eigenvalue weighted by molar-refractivity contribution is 5.87. The number of esters is 1. The van der Waals surface area contributed by atoms with Crippen LogP contribution in [-0.4, -0.2) is 35.1 Å². The number of imidazole rings is 1. The van der Waals surface area contributed by atoms with E-state index in [2.05, 4.69) is 4.98 Å². The zero-order valence-corrected chi connectivity index (χ0v) is 14.3. The standard InChI is InChI=1S/C17H17F2N3O5/c1-25-13-8-11(2-4-12(13)26-9-14(20)23)3-5-16(24)27-10-15-21-6-7-22(15)17(18)19/h2-8,17H,9-10H2,1H3,(H2,20,23)/b5-3+. The molecule has 0 saturated carbocycles. The van der Waals surface area contributed by atoms with Gasteiger partial charge in [-0.1, -0.05) is 6.07 Å². The number of methoxy groups -OCH3 is 1. The molecule has 0 aliphatic rings. The Morgan fingerprint density at radius 2 is 2.11 bits per heavy atom. The van der Waals surface area contributed by atoms with Gasteiger partial charge in [0.25, 0.3) is 5.91 Å². The highest BCUT2D eigenvalue weighted by Gasteiger charge is 2.12. The Hall–Kier alpha value is -3.43. The lowest BCUT2D eigenvalue weighted by atomic mass is 10.2. The predicted molar refractivity (Wildman–Crippen MR) is 90.0 cm³/mol. The van der Waals surface area contributed by atoms with Crippen LogP contribution in [0.5, 0.6) is 11.5 Å². The Morgan fingerprint density at radius 1 is 1.33 bits per heavy atom. The van der Waals surface area contributed by atoms with Gasteiger partial charge in [-0.15, -0.1) is 0 Å². The first-order valence-corrected chi connectivity index (χ1v) is 7.64. The topological polar surface area (TPSA) is 106 Å². The van der Waals surface area contributed by atoms with Crippen molar-refractivity contribution in [2.45, 2.75) is 13.2 Å². The Kier molecular flexibility index (Phi) is 6.86. The molecule has 8 nitrogen and oxygen atoms in total. The van der Waals surface area contributed by atoms with E-state index in [0.29, 0.717) is 21.6 Å². The van der Waals surface area contributed by atoms with Crippen LogP contribution in [0.4, 0.5) is 8.78 Å². The third kappa shape index (κ3) is 5.80. The van der Waals surface area contributed by atoms with E-state index in [-0.39, 0.29) is 19.0 Å².